The van der Waals surface area contributed by atoms with Crippen LogP contribution in [0.15, 0.2) is 18.2 Å². The van der Waals surface area contributed by atoms with Gasteiger partial charge in [0.2, 0.25) is 0 Å². The van der Waals surface area contributed by atoms with Crippen molar-refractivity contribution in [2.24, 2.45) is 0 Å². The predicted octanol–water partition coefficient (Wildman–Crippen LogP) is 2.55. The second-order valence-electron chi connectivity index (χ2n) is 7.11. The zero-order chi connectivity index (χ0) is 17.1. The third-order valence-corrected chi connectivity index (χ3v) is 5.28. The van der Waals surface area contributed by atoms with E-state index in [1.54, 1.807) is 0 Å². The summed E-state index contributed by atoms with van der Waals surface area (Å²) in [6.45, 7) is 5.43. The Kier molecular flexibility index (Phi) is 5.59. The lowest BCUT2D eigenvalue weighted by Crippen LogP contribution is -2.39. The number of nitrogens with zero attached hydrogens (tertiary/aromatic N) is 1. The van der Waals surface area contributed by atoms with Crippen molar-refractivity contribution in [3.8, 4) is 0 Å². The predicted molar refractivity (Wildman–Crippen MR) is 98.5 cm³/mol. The van der Waals surface area contributed by atoms with Crippen LogP contribution in [0.4, 0.5) is 0 Å². The smallest absolute Gasteiger partial charge is 0.0843 e. The number of aryl methyl sites for hydroxylation is 2. The van der Waals surface area contributed by atoms with Gasteiger partial charge in [-0.3, -0.25) is 0 Å². The Morgan fingerprint density at radius 1 is 1.25 bits per heavy atom. The van der Waals surface area contributed by atoms with Crippen molar-refractivity contribution in [3.05, 3.63) is 35.0 Å². The molecular formula is C20H30N2O2. The van der Waals surface area contributed by atoms with Gasteiger partial charge in [0.25, 0.3) is 0 Å². The monoisotopic (exact) mass is 330 g/mol. The number of benzene rings is 1. The largest absolute Gasteiger partial charge is 0.395 e. The molecule has 4 heteroatoms. The van der Waals surface area contributed by atoms with Gasteiger partial charge in [0.15, 0.2) is 0 Å². The SMILES string of the molecule is CCC(CO)NCC(O)Cn1c2c(c3cc(C)ccc31)CCCC2. The summed E-state index contributed by atoms with van der Waals surface area (Å²) in [6, 6.07) is 6.72. The second kappa shape index (κ2) is 7.68. The highest BCUT2D eigenvalue weighted by Crippen LogP contribution is 2.33. The van der Waals surface area contributed by atoms with Gasteiger partial charge in [-0.25, -0.2) is 0 Å². The number of aromatic nitrogens is 1. The summed E-state index contributed by atoms with van der Waals surface area (Å²) in [4.78, 5) is 0. The molecule has 0 saturated carbocycles. The Morgan fingerprint density at radius 2 is 2.04 bits per heavy atom. The van der Waals surface area contributed by atoms with Crippen LogP contribution in [0.25, 0.3) is 10.9 Å². The number of aliphatic hydroxyl groups is 2. The maximum atomic E-state index is 10.5. The van der Waals surface area contributed by atoms with Gasteiger partial charge < -0.3 is 20.1 Å². The fourth-order valence-corrected chi connectivity index (χ4v) is 3.87. The summed E-state index contributed by atoms with van der Waals surface area (Å²) in [5, 5.41) is 24.4. The van der Waals surface area contributed by atoms with Gasteiger partial charge in [0.05, 0.1) is 19.3 Å². The highest BCUT2D eigenvalue weighted by molar-refractivity contribution is 5.86. The molecule has 0 bridgehead atoms. The maximum absolute atomic E-state index is 10.5. The van der Waals surface area contributed by atoms with Gasteiger partial charge in [-0.05, 0) is 56.7 Å². The molecule has 0 aliphatic heterocycles. The fraction of sp³-hybridized carbons (Fsp3) is 0.600. The van der Waals surface area contributed by atoms with Crippen LogP contribution in [-0.4, -0.2) is 40.1 Å². The molecule has 4 nitrogen and oxygen atoms in total. The molecule has 1 aromatic carbocycles. The van der Waals surface area contributed by atoms with E-state index >= 15 is 0 Å². The summed E-state index contributed by atoms with van der Waals surface area (Å²) in [7, 11) is 0. The number of rotatable bonds is 7. The van der Waals surface area contributed by atoms with Gasteiger partial charge >= 0.3 is 0 Å². The van der Waals surface area contributed by atoms with Crippen LogP contribution in [0.2, 0.25) is 0 Å². The van der Waals surface area contributed by atoms with E-state index in [0.29, 0.717) is 13.1 Å². The molecule has 3 rings (SSSR count). The van der Waals surface area contributed by atoms with Crippen LogP contribution in [0.1, 0.15) is 43.0 Å². The van der Waals surface area contributed by atoms with Crippen molar-refractivity contribution in [2.45, 2.75) is 64.6 Å². The first-order valence-electron chi connectivity index (χ1n) is 9.27. The Balaban J connectivity index is 1.83. The molecule has 1 aromatic heterocycles. The number of aliphatic hydroxyl groups excluding tert-OH is 2. The molecular weight excluding hydrogens is 300 g/mol. The van der Waals surface area contributed by atoms with Crippen LogP contribution in [0.5, 0.6) is 0 Å². The van der Waals surface area contributed by atoms with E-state index in [-0.39, 0.29) is 12.6 Å². The zero-order valence-electron chi connectivity index (χ0n) is 14.9. The normalized spacial score (nSPS) is 17.0. The van der Waals surface area contributed by atoms with Crippen LogP contribution in [0, 0.1) is 6.92 Å². The Bertz CT molecular complexity index is 688. The Hall–Kier alpha value is -1.36. The minimum absolute atomic E-state index is 0.0672. The minimum atomic E-state index is -0.450. The van der Waals surface area contributed by atoms with Crippen LogP contribution in [0.3, 0.4) is 0 Å². The first-order valence-corrected chi connectivity index (χ1v) is 9.27. The standard InChI is InChI=1S/C20H30N2O2/c1-3-15(13-23)21-11-16(24)12-22-19-7-5-4-6-17(19)18-10-14(2)8-9-20(18)22/h8-10,15-16,21,23-24H,3-7,11-13H2,1-2H3. The third-order valence-electron chi connectivity index (χ3n) is 5.28. The second-order valence-corrected chi connectivity index (χ2v) is 7.11. The molecule has 2 unspecified atom stereocenters. The summed E-state index contributed by atoms with van der Waals surface area (Å²) < 4.78 is 2.33. The molecule has 2 aromatic rings. The lowest BCUT2D eigenvalue weighted by atomic mass is 9.95. The van der Waals surface area contributed by atoms with Crippen LogP contribution >= 0.6 is 0 Å². The van der Waals surface area contributed by atoms with E-state index in [2.05, 4.69) is 35.0 Å². The number of nitrogens with one attached hydrogen (secondary N) is 1. The van der Waals surface area contributed by atoms with Gasteiger partial charge in [-0.15, -0.1) is 0 Å². The Labute approximate surface area is 144 Å². The van der Waals surface area contributed by atoms with Crippen LogP contribution in [-0.2, 0) is 19.4 Å². The quantitative estimate of drug-likeness (QED) is 0.731. The summed E-state index contributed by atoms with van der Waals surface area (Å²) in [5.41, 5.74) is 5.45. The van der Waals surface area contributed by atoms with Gasteiger partial charge in [-0.1, -0.05) is 18.6 Å². The molecule has 132 valence electrons. The molecule has 0 spiro atoms. The summed E-state index contributed by atoms with van der Waals surface area (Å²) in [6.07, 6.45) is 5.17. The van der Waals surface area contributed by atoms with Gasteiger partial charge in [0, 0.05) is 29.2 Å². The average molecular weight is 330 g/mol. The molecule has 0 fully saturated rings. The summed E-state index contributed by atoms with van der Waals surface area (Å²) in [5.74, 6) is 0. The molecule has 0 amide bonds. The third kappa shape index (κ3) is 3.51. The van der Waals surface area contributed by atoms with E-state index in [1.807, 2.05) is 6.92 Å². The lowest BCUT2D eigenvalue weighted by Gasteiger charge is -2.21. The molecule has 3 N–H and O–H groups in total. The first-order chi connectivity index (χ1) is 11.6. The maximum Gasteiger partial charge on any atom is 0.0843 e. The number of hydrogen-bond donors (Lipinski definition) is 3. The molecule has 0 saturated heterocycles. The molecule has 1 heterocycles. The number of fused-ring (bicyclic) bond motifs is 3. The van der Waals surface area contributed by atoms with Gasteiger partial charge in [-0.2, -0.15) is 0 Å². The van der Waals surface area contributed by atoms with Crippen molar-refractivity contribution in [2.75, 3.05) is 13.2 Å². The molecule has 0 radical (unpaired) electrons. The Morgan fingerprint density at radius 3 is 2.79 bits per heavy atom. The summed E-state index contributed by atoms with van der Waals surface area (Å²) >= 11 is 0. The lowest BCUT2D eigenvalue weighted by molar-refractivity contribution is 0.139. The topological polar surface area (TPSA) is 57.4 Å². The van der Waals surface area contributed by atoms with Crippen LogP contribution < -0.4 is 5.32 Å². The minimum Gasteiger partial charge on any atom is -0.395 e. The van der Waals surface area contributed by atoms with Crippen molar-refractivity contribution in [1.29, 1.82) is 0 Å². The zero-order valence-corrected chi connectivity index (χ0v) is 14.9. The van der Waals surface area contributed by atoms with E-state index in [0.717, 1.165) is 19.3 Å². The average Bonchev–Trinajstić information content (AvgIpc) is 2.89. The van der Waals surface area contributed by atoms with E-state index < -0.39 is 6.10 Å². The molecule has 1 aliphatic rings. The van der Waals surface area contributed by atoms with Crippen molar-refractivity contribution >= 4 is 10.9 Å². The van der Waals surface area contributed by atoms with Crippen molar-refractivity contribution < 1.29 is 10.2 Å². The van der Waals surface area contributed by atoms with E-state index in [1.165, 1.54) is 40.6 Å². The van der Waals surface area contributed by atoms with Crippen molar-refractivity contribution in [1.82, 2.24) is 9.88 Å². The van der Waals surface area contributed by atoms with Crippen molar-refractivity contribution in [3.63, 3.8) is 0 Å². The first kappa shape index (κ1) is 17.5. The molecule has 24 heavy (non-hydrogen) atoms. The van der Waals surface area contributed by atoms with E-state index in [9.17, 15) is 10.2 Å². The highest BCUT2D eigenvalue weighted by Gasteiger charge is 2.21. The number of hydrogen-bond acceptors (Lipinski definition) is 3. The fourth-order valence-electron chi connectivity index (χ4n) is 3.87. The highest BCUT2D eigenvalue weighted by atomic mass is 16.3. The van der Waals surface area contributed by atoms with E-state index in [4.69, 9.17) is 0 Å². The molecule has 2 atom stereocenters. The molecule has 1 aliphatic carbocycles. The van der Waals surface area contributed by atoms with Gasteiger partial charge in [0.1, 0.15) is 0 Å².